The van der Waals surface area contributed by atoms with E-state index in [0.29, 0.717) is 13.2 Å². The van der Waals surface area contributed by atoms with Crippen molar-refractivity contribution in [3.05, 3.63) is 39.9 Å². The first-order valence-corrected chi connectivity index (χ1v) is 9.75. The summed E-state index contributed by atoms with van der Waals surface area (Å²) in [4.78, 5) is 28.3. The number of ether oxygens (including phenoxy) is 4. The van der Waals surface area contributed by atoms with E-state index in [4.69, 9.17) is 18.9 Å². The van der Waals surface area contributed by atoms with E-state index < -0.39 is 5.09 Å². The molecular formula is C20H32N2O8. The van der Waals surface area contributed by atoms with Crippen LogP contribution < -0.4 is 4.74 Å². The SMILES string of the molecule is COCCc1ccc(OCC(CN(C(=O)COCCO[N+](=O)[O-])C(C)C)OC)cc1. The van der Waals surface area contributed by atoms with Crippen molar-refractivity contribution in [3.63, 3.8) is 0 Å². The average molecular weight is 428 g/mol. The largest absolute Gasteiger partial charge is 0.491 e. The van der Waals surface area contributed by atoms with Crippen molar-refractivity contribution in [2.24, 2.45) is 0 Å². The molecule has 1 aromatic carbocycles. The second-order valence-electron chi connectivity index (χ2n) is 6.80. The predicted molar refractivity (Wildman–Crippen MR) is 109 cm³/mol. The van der Waals surface area contributed by atoms with Gasteiger partial charge in [0, 0.05) is 20.3 Å². The smallest absolute Gasteiger partial charge is 0.294 e. The maximum atomic E-state index is 12.5. The molecule has 0 aliphatic carbocycles. The van der Waals surface area contributed by atoms with Gasteiger partial charge in [-0.15, -0.1) is 10.1 Å². The number of carbonyl (C=O) groups is 1. The molecule has 0 bridgehead atoms. The molecule has 1 unspecified atom stereocenters. The molecule has 1 rings (SSSR count). The minimum absolute atomic E-state index is 0.0458. The van der Waals surface area contributed by atoms with E-state index in [1.54, 1.807) is 19.1 Å². The Kier molecular flexibility index (Phi) is 12.4. The first-order chi connectivity index (χ1) is 14.4. The summed E-state index contributed by atoms with van der Waals surface area (Å²) in [6.45, 7) is 4.59. The predicted octanol–water partition coefficient (Wildman–Crippen LogP) is 1.73. The van der Waals surface area contributed by atoms with Crippen molar-refractivity contribution in [2.75, 3.05) is 53.8 Å². The van der Waals surface area contributed by atoms with Crippen LogP contribution in [-0.4, -0.2) is 81.8 Å². The summed E-state index contributed by atoms with van der Waals surface area (Å²) in [5.41, 5.74) is 1.16. The Morgan fingerprint density at radius 3 is 2.40 bits per heavy atom. The first-order valence-electron chi connectivity index (χ1n) is 9.75. The molecule has 30 heavy (non-hydrogen) atoms. The lowest BCUT2D eigenvalue weighted by atomic mass is 10.1. The number of hydrogen-bond acceptors (Lipinski definition) is 8. The Bertz CT molecular complexity index is 624. The molecule has 0 aromatic heterocycles. The molecule has 10 heteroatoms. The summed E-state index contributed by atoms with van der Waals surface area (Å²) in [6.07, 6.45) is 0.505. The van der Waals surface area contributed by atoms with Crippen LogP contribution in [0.5, 0.6) is 5.75 Å². The number of hydrogen-bond donors (Lipinski definition) is 0. The van der Waals surface area contributed by atoms with Crippen LogP contribution in [0.3, 0.4) is 0 Å². The van der Waals surface area contributed by atoms with Crippen LogP contribution >= 0.6 is 0 Å². The first kappa shape index (κ1) is 25.6. The van der Waals surface area contributed by atoms with Crippen molar-refractivity contribution in [3.8, 4) is 5.75 Å². The van der Waals surface area contributed by atoms with Gasteiger partial charge in [0.05, 0.1) is 19.8 Å². The van der Waals surface area contributed by atoms with Crippen molar-refractivity contribution >= 4 is 5.91 Å². The van der Waals surface area contributed by atoms with Crippen molar-refractivity contribution in [1.29, 1.82) is 0 Å². The van der Waals surface area contributed by atoms with Crippen molar-refractivity contribution in [2.45, 2.75) is 32.4 Å². The minimum atomic E-state index is -0.901. The van der Waals surface area contributed by atoms with E-state index in [1.165, 1.54) is 0 Å². The van der Waals surface area contributed by atoms with Crippen LogP contribution in [0.25, 0.3) is 0 Å². The second-order valence-corrected chi connectivity index (χ2v) is 6.80. The Morgan fingerprint density at radius 1 is 1.13 bits per heavy atom. The molecule has 0 saturated carbocycles. The van der Waals surface area contributed by atoms with E-state index >= 15 is 0 Å². The molecular weight excluding hydrogens is 396 g/mol. The van der Waals surface area contributed by atoms with E-state index in [1.807, 2.05) is 38.1 Å². The highest BCUT2D eigenvalue weighted by Crippen LogP contribution is 2.14. The molecule has 0 aliphatic rings. The molecule has 1 amide bonds. The maximum Gasteiger partial charge on any atom is 0.294 e. The summed E-state index contributed by atoms with van der Waals surface area (Å²) in [5, 5.41) is 9.19. The zero-order chi connectivity index (χ0) is 22.4. The average Bonchev–Trinajstić information content (AvgIpc) is 2.72. The van der Waals surface area contributed by atoms with Gasteiger partial charge < -0.3 is 28.7 Å². The fraction of sp³-hybridized carbons (Fsp3) is 0.650. The van der Waals surface area contributed by atoms with Crippen LogP contribution in [0, 0.1) is 10.1 Å². The highest BCUT2D eigenvalue weighted by atomic mass is 17.0. The molecule has 0 spiro atoms. The summed E-state index contributed by atoms with van der Waals surface area (Å²) >= 11 is 0. The lowest BCUT2D eigenvalue weighted by Crippen LogP contribution is -2.46. The molecule has 0 fully saturated rings. The van der Waals surface area contributed by atoms with Crippen molar-refractivity contribution in [1.82, 2.24) is 4.90 Å². The molecule has 0 radical (unpaired) electrons. The molecule has 1 aromatic rings. The Morgan fingerprint density at radius 2 is 1.83 bits per heavy atom. The fourth-order valence-electron chi connectivity index (χ4n) is 2.59. The van der Waals surface area contributed by atoms with Crippen LogP contribution in [0.4, 0.5) is 0 Å². The van der Waals surface area contributed by atoms with Gasteiger partial charge in [0.2, 0.25) is 5.91 Å². The minimum Gasteiger partial charge on any atom is -0.491 e. The second kappa shape index (κ2) is 14.5. The van der Waals surface area contributed by atoms with Gasteiger partial charge in [0.1, 0.15) is 31.7 Å². The highest BCUT2D eigenvalue weighted by molar-refractivity contribution is 5.77. The fourth-order valence-corrected chi connectivity index (χ4v) is 2.59. The Balaban J connectivity index is 2.49. The van der Waals surface area contributed by atoms with Crippen LogP contribution in [-0.2, 0) is 30.3 Å². The molecule has 0 saturated heterocycles. The number of benzene rings is 1. The van der Waals surface area contributed by atoms with Gasteiger partial charge in [-0.25, -0.2) is 0 Å². The van der Waals surface area contributed by atoms with Crippen molar-refractivity contribution < 1.29 is 33.7 Å². The molecule has 0 aliphatic heterocycles. The third-order valence-corrected chi connectivity index (χ3v) is 4.28. The number of carbonyl (C=O) groups excluding carboxylic acids is 1. The maximum absolute atomic E-state index is 12.5. The van der Waals surface area contributed by atoms with Gasteiger partial charge in [-0.05, 0) is 38.0 Å². The summed E-state index contributed by atoms with van der Waals surface area (Å²) in [7, 11) is 3.24. The standard InChI is InChI=1S/C20H32N2O8/c1-16(2)21(20(23)15-28-11-12-30-22(24)25)13-19(27-4)14-29-18-7-5-17(6-8-18)9-10-26-3/h5-8,16,19H,9-15H2,1-4H3. The Hall–Kier alpha value is -2.43. The number of methoxy groups -OCH3 is 2. The van der Waals surface area contributed by atoms with E-state index in [-0.39, 0.29) is 44.5 Å². The summed E-state index contributed by atoms with van der Waals surface area (Å²) in [5.74, 6) is 0.477. The molecule has 10 nitrogen and oxygen atoms in total. The number of rotatable bonds is 16. The summed E-state index contributed by atoms with van der Waals surface area (Å²) in [6, 6.07) is 7.68. The van der Waals surface area contributed by atoms with Gasteiger partial charge in [0.25, 0.3) is 5.09 Å². The topological polar surface area (TPSA) is 110 Å². The van der Waals surface area contributed by atoms with Gasteiger partial charge in [0.15, 0.2) is 0 Å². The highest BCUT2D eigenvalue weighted by Gasteiger charge is 2.22. The molecule has 0 heterocycles. The quantitative estimate of drug-likeness (QED) is 0.222. The monoisotopic (exact) mass is 428 g/mol. The van der Waals surface area contributed by atoms with Crippen LogP contribution in [0.15, 0.2) is 24.3 Å². The third kappa shape index (κ3) is 10.4. The zero-order valence-corrected chi connectivity index (χ0v) is 18.1. The number of nitrogens with zero attached hydrogens (tertiary/aromatic N) is 2. The van der Waals surface area contributed by atoms with E-state index in [2.05, 4.69) is 4.84 Å². The lowest BCUT2D eigenvalue weighted by Gasteiger charge is -2.30. The van der Waals surface area contributed by atoms with Gasteiger partial charge >= 0.3 is 0 Å². The third-order valence-electron chi connectivity index (χ3n) is 4.28. The van der Waals surface area contributed by atoms with Gasteiger partial charge in [-0.3, -0.25) is 4.79 Å². The van der Waals surface area contributed by atoms with Crippen LogP contribution in [0.2, 0.25) is 0 Å². The normalized spacial score (nSPS) is 11.9. The number of amides is 1. The van der Waals surface area contributed by atoms with Gasteiger partial charge in [-0.2, -0.15) is 0 Å². The molecule has 1 atom stereocenters. The molecule has 0 N–H and O–H groups in total. The lowest BCUT2D eigenvalue weighted by molar-refractivity contribution is -0.758. The Labute approximate surface area is 177 Å². The summed E-state index contributed by atoms with van der Waals surface area (Å²) < 4.78 is 21.5. The van der Waals surface area contributed by atoms with E-state index in [0.717, 1.165) is 17.7 Å². The zero-order valence-electron chi connectivity index (χ0n) is 18.1. The van der Waals surface area contributed by atoms with E-state index in [9.17, 15) is 14.9 Å². The van der Waals surface area contributed by atoms with Gasteiger partial charge in [-0.1, -0.05) is 12.1 Å². The molecule has 170 valence electrons. The van der Waals surface area contributed by atoms with Crippen LogP contribution in [0.1, 0.15) is 19.4 Å².